The van der Waals surface area contributed by atoms with Crippen LogP contribution >= 0.6 is 22.9 Å². The van der Waals surface area contributed by atoms with Gasteiger partial charge in [0.05, 0.1) is 5.41 Å². The van der Waals surface area contributed by atoms with Crippen molar-refractivity contribution in [1.29, 1.82) is 0 Å². The summed E-state index contributed by atoms with van der Waals surface area (Å²) >= 11 is 7.12. The van der Waals surface area contributed by atoms with E-state index in [0.29, 0.717) is 0 Å². The quantitative estimate of drug-likeness (QED) is 0.770. The molecule has 0 aliphatic carbocycles. The molecule has 1 aromatic carbocycles. The molecule has 0 saturated heterocycles. The lowest BCUT2D eigenvalue weighted by molar-refractivity contribution is -0.116. The van der Waals surface area contributed by atoms with Crippen LogP contribution in [-0.4, -0.2) is 5.24 Å². The standard InChI is InChI=1S/C14H11ClF2OS/c1-14(13(15)18,8-10-3-2-6-19-10)11-5-4-9(16)7-12(11)17/h2-7H,8H2,1H3. The van der Waals surface area contributed by atoms with Crippen LogP contribution in [0.4, 0.5) is 8.78 Å². The van der Waals surface area contributed by atoms with Gasteiger partial charge in [0, 0.05) is 16.5 Å². The molecule has 0 N–H and O–H groups in total. The van der Waals surface area contributed by atoms with E-state index in [1.165, 1.54) is 17.4 Å². The second-order valence-corrected chi connectivity index (χ2v) is 5.86. The molecule has 1 nitrogen and oxygen atoms in total. The largest absolute Gasteiger partial charge is 0.280 e. The van der Waals surface area contributed by atoms with Crippen molar-refractivity contribution in [2.45, 2.75) is 18.8 Å². The summed E-state index contributed by atoms with van der Waals surface area (Å²) in [6.07, 6.45) is 0.287. The van der Waals surface area contributed by atoms with Crippen LogP contribution in [0, 0.1) is 11.6 Å². The molecule has 1 aromatic heterocycles. The van der Waals surface area contributed by atoms with Crippen LogP contribution < -0.4 is 0 Å². The van der Waals surface area contributed by atoms with Crippen molar-refractivity contribution in [2.24, 2.45) is 0 Å². The Bertz CT molecular complexity index is 597. The Morgan fingerprint density at radius 1 is 1.37 bits per heavy atom. The molecule has 5 heteroatoms. The minimum Gasteiger partial charge on any atom is -0.280 e. The molecule has 0 aliphatic rings. The predicted molar refractivity (Wildman–Crippen MR) is 72.6 cm³/mol. The Balaban J connectivity index is 2.47. The number of rotatable bonds is 4. The van der Waals surface area contributed by atoms with Crippen LogP contribution in [0.25, 0.3) is 0 Å². The zero-order valence-electron chi connectivity index (χ0n) is 10.1. The maximum atomic E-state index is 13.9. The van der Waals surface area contributed by atoms with Crippen molar-refractivity contribution < 1.29 is 13.6 Å². The lowest BCUT2D eigenvalue weighted by atomic mass is 9.80. The molecule has 100 valence electrons. The van der Waals surface area contributed by atoms with Crippen molar-refractivity contribution >= 4 is 28.2 Å². The molecule has 0 spiro atoms. The van der Waals surface area contributed by atoms with E-state index < -0.39 is 22.3 Å². The number of hydrogen-bond acceptors (Lipinski definition) is 2. The van der Waals surface area contributed by atoms with Gasteiger partial charge in [-0.2, -0.15) is 0 Å². The molecular formula is C14H11ClF2OS. The predicted octanol–water partition coefficient (Wildman–Crippen LogP) is 4.29. The summed E-state index contributed by atoms with van der Waals surface area (Å²) in [7, 11) is 0. The average Bonchev–Trinajstić information content (AvgIpc) is 2.81. The van der Waals surface area contributed by atoms with Gasteiger partial charge in [-0.1, -0.05) is 12.1 Å². The average molecular weight is 301 g/mol. The fraction of sp³-hybridized carbons (Fsp3) is 0.214. The van der Waals surface area contributed by atoms with E-state index in [1.54, 1.807) is 6.92 Å². The van der Waals surface area contributed by atoms with Crippen molar-refractivity contribution in [3.05, 3.63) is 57.8 Å². The molecule has 0 radical (unpaired) electrons. The van der Waals surface area contributed by atoms with Crippen LogP contribution in [0.2, 0.25) is 0 Å². The molecule has 0 aliphatic heterocycles. The minimum absolute atomic E-state index is 0.113. The van der Waals surface area contributed by atoms with E-state index in [0.717, 1.165) is 17.0 Å². The van der Waals surface area contributed by atoms with Crippen LogP contribution in [-0.2, 0) is 16.6 Å². The van der Waals surface area contributed by atoms with E-state index in [-0.39, 0.29) is 12.0 Å². The molecule has 0 fully saturated rings. The number of benzene rings is 1. The molecule has 1 atom stereocenters. The summed E-state index contributed by atoms with van der Waals surface area (Å²) < 4.78 is 26.8. The first-order valence-corrected chi connectivity index (χ1v) is 6.87. The van der Waals surface area contributed by atoms with Gasteiger partial charge < -0.3 is 0 Å². The van der Waals surface area contributed by atoms with Gasteiger partial charge >= 0.3 is 0 Å². The number of hydrogen-bond donors (Lipinski definition) is 0. The van der Waals surface area contributed by atoms with Gasteiger partial charge in [-0.15, -0.1) is 11.3 Å². The lowest BCUT2D eigenvalue weighted by Gasteiger charge is -2.25. The monoisotopic (exact) mass is 300 g/mol. The van der Waals surface area contributed by atoms with Crippen LogP contribution in [0.3, 0.4) is 0 Å². The first kappa shape index (κ1) is 14.2. The first-order valence-electron chi connectivity index (χ1n) is 5.61. The van der Waals surface area contributed by atoms with Gasteiger partial charge in [0.15, 0.2) is 0 Å². The first-order chi connectivity index (χ1) is 8.93. The van der Waals surface area contributed by atoms with Gasteiger partial charge in [-0.3, -0.25) is 4.79 Å². The second-order valence-electron chi connectivity index (χ2n) is 4.49. The fourth-order valence-electron chi connectivity index (χ4n) is 1.97. The molecule has 0 bridgehead atoms. The van der Waals surface area contributed by atoms with E-state index in [4.69, 9.17) is 11.6 Å². The Kier molecular flexibility index (Phi) is 4.02. The van der Waals surface area contributed by atoms with Gasteiger partial charge in [-0.25, -0.2) is 8.78 Å². The Hall–Kier alpha value is -1.26. The summed E-state index contributed by atoms with van der Waals surface area (Å²) in [5.74, 6) is -1.44. The zero-order valence-corrected chi connectivity index (χ0v) is 11.7. The van der Waals surface area contributed by atoms with Crippen LogP contribution in [0.15, 0.2) is 35.7 Å². The highest BCUT2D eigenvalue weighted by molar-refractivity contribution is 7.09. The topological polar surface area (TPSA) is 17.1 Å². The normalized spacial score (nSPS) is 14.1. The van der Waals surface area contributed by atoms with Crippen LogP contribution in [0.5, 0.6) is 0 Å². The summed E-state index contributed by atoms with van der Waals surface area (Å²) in [5, 5.41) is 1.21. The van der Waals surface area contributed by atoms with Crippen molar-refractivity contribution in [3.8, 4) is 0 Å². The van der Waals surface area contributed by atoms with E-state index in [9.17, 15) is 13.6 Å². The number of halogens is 3. The van der Waals surface area contributed by atoms with E-state index in [2.05, 4.69) is 0 Å². The minimum atomic E-state index is -1.20. The van der Waals surface area contributed by atoms with Crippen molar-refractivity contribution in [1.82, 2.24) is 0 Å². The Labute approximate surface area is 118 Å². The van der Waals surface area contributed by atoms with Crippen molar-refractivity contribution in [3.63, 3.8) is 0 Å². The highest BCUT2D eigenvalue weighted by atomic mass is 35.5. The molecule has 2 aromatic rings. The maximum absolute atomic E-state index is 13.9. The molecular weight excluding hydrogens is 290 g/mol. The third-order valence-electron chi connectivity index (χ3n) is 3.07. The third kappa shape index (κ3) is 2.85. The number of carbonyl (C=O) groups is 1. The Morgan fingerprint density at radius 2 is 2.11 bits per heavy atom. The number of thiophene rings is 1. The summed E-state index contributed by atoms with van der Waals surface area (Å²) in [5.41, 5.74) is -1.09. The summed E-state index contributed by atoms with van der Waals surface area (Å²) in [6, 6.07) is 6.87. The Morgan fingerprint density at radius 3 is 2.63 bits per heavy atom. The second kappa shape index (κ2) is 5.39. The van der Waals surface area contributed by atoms with Gasteiger partial charge in [0.25, 0.3) is 0 Å². The third-order valence-corrected chi connectivity index (χ3v) is 4.36. The maximum Gasteiger partial charge on any atom is 0.232 e. The van der Waals surface area contributed by atoms with Gasteiger partial charge in [-0.05, 0) is 42.5 Å². The summed E-state index contributed by atoms with van der Waals surface area (Å²) in [4.78, 5) is 12.7. The van der Waals surface area contributed by atoms with E-state index in [1.807, 2.05) is 17.5 Å². The smallest absolute Gasteiger partial charge is 0.232 e. The molecule has 0 saturated carbocycles. The molecule has 0 amide bonds. The molecule has 1 unspecified atom stereocenters. The van der Waals surface area contributed by atoms with Gasteiger partial charge in [0.1, 0.15) is 11.6 Å². The zero-order chi connectivity index (χ0) is 14.0. The highest BCUT2D eigenvalue weighted by Gasteiger charge is 2.37. The van der Waals surface area contributed by atoms with Crippen molar-refractivity contribution in [2.75, 3.05) is 0 Å². The fourth-order valence-corrected chi connectivity index (χ4v) is 3.00. The molecule has 2 rings (SSSR count). The van der Waals surface area contributed by atoms with Gasteiger partial charge in [0.2, 0.25) is 5.24 Å². The molecule has 1 heterocycles. The summed E-state index contributed by atoms with van der Waals surface area (Å²) in [6.45, 7) is 1.57. The molecule has 19 heavy (non-hydrogen) atoms. The SMILES string of the molecule is CC(Cc1cccs1)(C(=O)Cl)c1ccc(F)cc1F. The van der Waals surface area contributed by atoms with E-state index >= 15 is 0 Å². The van der Waals surface area contributed by atoms with Crippen LogP contribution in [0.1, 0.15) is 17.4 Å². The lowest BCUT2D eigenvalue weighted by Crippen LogP contribution is -2.32. The highest BCUT2D eigenvalue weighted by Crippen LogP contribution is 2.34. The number of carbonyl (C=O) groups excluding carboxylic acids is 1.